The zero-order valence-corrected chi connectivity index (χ0v) is 12.5. The van der Waals surface area contributed by atoms with E-state index in [1.165, 1.54) is 5.56 Å². The molecule has 1 aromatic rings. The van der Waals surface area contributed by atoms with Crippen LogP contribution < -0.4 is 4.90 Å². The maximum Gasteiger partial charge on any atom is 0.0496 e. The van der Waals surface area contributed by atoms with Gasteiger partial charge in [-0.25, -0.2) is 0 Å². The topological polar surface area (TPSA) is 3.24 Å². The zero-order valence-electron chi connectivity index (χ0n) is 12.5. The van der Waals surface area contributed by atoms with Crippen LogP contribution in [0.15, 0.2) is 97.4 Å². The van der Waals surface area contributed by atoms with Gasteiger partial charge in [0.25, 0.3) is 0 Å². The van der Waals surface area contributed by atoms with E-state index in [1.807, 2.05) is 31.2 Å². The first-order valence-electron chi connectivity index (χ1n) is 7.13. The average molecular weight is 275 g/mol. The van der Waals surface area contributed by atoms with Gasteiger partial charge in [-0.2, -0.15) is 0 Å². The van der Waals surface area contributed by atoms with Crippen LogP contribution in [0, 0.1) is 0 Å². The Morgan fingerprint density at radius 2 is 2.05 bits per heavy atom. The summed E-state index contributed by atoms with van der Waals surface area (Å²) in [6.45, 7) is 10.1. The molecule has 0 aliphatic carbocycles. The van der Waals surface area contributed by atoms with Crippen molar-refractivity contribution >= 4 is 5.69 Å². The smallest absolute Gasteiger partial charge is 0.0496 e. The Kier molecular flexibility index (Phi) is 5.16. The molecule has 1 aliphatic rings. The van der Waals surface area contributed by atoms with Crippen LogP contribution in [0.5, 0.6) is 0 Å². The Morgan fingerprint density at radius 3 is 2.81 bits per heavy atom. The number of hydrogen-bond donors (Lipinski definition) is 0. The molecule has 1 nitrogen and oxygen atoms in total. The average Bonchev–Trinajstić information content (AvgIpc) is 2.56. The van der Waals surface area contributed by atoms with Crippen molar-refractivity contribution in [2.45, 2.75) is 13.3 Å². The van der Waals surface area contributed by atoms with E-state index in [4.69, 9.17) is 0 Å². The van der Waals surface area contributed by atoms with Crippen LogP contribution in [0.2, 0.25) is 0 Å². The van der Waals surface area contributed by atoms with Crippen molar-refractivity contribution in [3.8, 4) is 0 Å². The first-order chi connectivity index (χ1) is 10.3. The van der Waals surface area contributed by atoms with Crippen molar-refractivity contribution in [3.63, 3.8) is 0 Å². The van der Waals surface area contributed by atoms with Gasteiger partial charge in [0.1, 0.15) is 0 Å². The molecule has 0 saturated carbocycles. The normalized spacial score (nSPS) is 18.6. The van der Waals surface area contributed by atoms with Crippen LogP contribution in [0.4, 0.5) is 5.69 Å². The third-order valence-corrected chi connectivity index (χ3v) is 3.28. The third-order valence-electron chi connectivity index (χ3n) is 3.28. The number of anilines is 1. The highest BCUT2D eigenvalue weighted by atomic mass is 15.2. The van der Waals surface area contributed by atoms with Gasteiger partial charge in [-0.05, 0) is 43.2 Å². The predicted octanol–water partition coefficient (Wildman–Crippen LogP) is 5.32. The largest absolute Gasteiger partial charge is 0.311 e. The minimum Gasteiger partial charge on any atom is -0.311 e. The molecular formula is C20H21N. The van der Waals surface area contributed by atoms with Gasteiger partial charge >= 0.3 is 0 Å². The quantitative estimate of drug-likeness (QED) is 0.675. The van der Waals surface area contributed by atoms with E-state index in [2.05, 4.69) is 60.6 Å². The molecule has 0 bridgehead atoms. The van der Waals surface area contributed by atoms with Gasteiger partial charge in [0.15, 0.2) is 0 Å². The number of benzene rings is 1. The third kappa shape index (κ3) is 3.51. The van der Waals surface area contributed by atoms with Crippen molar-refractivity contribution in [1.29, 1.82) is 0 Å². The summed E-state index contributed by atoms with van der Waals surface area (Å²) in [7, 11) is 0. The number of allylic oxidation sites excluding steroid dienone is 8. The molecule has 0 saturated heterocycles. The fourth-order valence-electron chi connectivity index (χ4n) is 2.37. The highest BCUT2D eigenvalue weighted by Crippen LogP contribution is 2.30. The van der Waals surface area contributed by atoms with Crippen LogP contribution in [-0.2, 0) is 6.42 Å². The lowest BCUT2D eigenvalue weighted by Crippen LogP contribution is -2.20. The van der Waals surface area contributed by atoms with Crippen LogP contribution in [0.1, 0.15) is 12.5 Å². The highest BCUT2D eigenvalue weighted by Gasteiger charge is 2.15. The second kappa shape index (κ2) is 7.30. The Bertz CT molecular complexity index is 642. The standard InChI is InChI=1S/C20H21N/c1-4-11-19(12-5-2)21-17(3)13-7-6-8-14-18-15-9-10-16-20(18)21/h4-13,15-16H,1,3,14H2,2H3/b8-6-,12-5-,13-7-,19-11+. The van der Waals surface area contributed by atoms with E-state index in [0.29, 0.717) is 0 Å². The summed E-state index contributed by atoms with van der Waals surface area (Å²) in [6.07, 6.45) is 17.1. The maximum absolute atomic E-state index is 4.22. The Labute approximate surface area is 127 Å². The fraction of sp³-hybridized carbons (Fsp3) is 0.100. The molecule has 0 aromatic heterocycles. The van der Waals surface area contributed by atoms with E-state index in [-0.39, 0.29) is 0 Å². The van der Waals surface area contributed by atoms with Gasteiger partial charge in [-0.15, -0.1) is 0 Å². The highest BCUT2D eigenvalue weighted by molar-refractivity contribution is 5.67. The number of rotatable bonds is 3. The van der Waals surface area contributed by atoms with E-state index in [1.54, 1.807) is 6.08 Å². The summed E-state index contributed by atoms with van der Waals surface area (Å²) in [6, 6.07) is 8.43. The molecule has 1 aliphatic heterocycles. The first kappa shape index (κ1) is 14.9. The summed E-state index contributed by atoms with van der Waals surface area (Å²) in [5.41, 5.74) is 4.42. The molecule has 0 atom stereocenters. The van der Waals surface area contributed by atoms with Gasteiger partial charge in [-0.1, -0.05) is 61.7 Å². The molecule has 0 unspecified atom stereocenters. The SMILES string of the molecule is C=C/C=C(\C=C/C)N1C(=C)/C=C\C=C/Cc2ccccc21. The van der Waals surface area contributed by atoms with E-state index in [9.17, 15) is 0 Å². The number of para-hydroxylation sites is 1. The fourth-order valence-corrected chi connectivity index (χ4v) is 2.37. The van der Waals surface area contributed by atoms with Gasteiger partial charge in [0.2, 0.25) is 0 Å². The summed E-state index contributed by atoms with van der Waals surface area (Å²) in [5, 5.41) is 0. The Hall–Kier alpha value is -2.54. The van der Waals surface area contributed by atoms with Crippen molar-refractivity contribution in [2.75, 3.05) is 4.90 Å². The van der Waals surface area contributed by atoms with Crippen LogP contribution >= 0.6 is 0 Å². The number of hydrogen-bond acceptors (Lipinski definition) is 1. The minimum absolute atomic E-state index is 0.904. The monoisotopic (exact) mass is 275 g/mol. The van der Waals surface area contributed by atoms with Gasteiger partial charge in [0, 0.05) is 17.1 Å². The van der Waals surface area contributed by atoms with Gasteiger partial charge < -0.3 is 4.90 Å². The van der Waals surface area contributed by atoms with Crippen molar-refractivity contribution in [2.24, 2.45) is 0 Å². The molecule has 2 rings (SSSR count). The summed E-state index contributed by atoms with van der Waals surface area (Å²) < 4.78 is 0. The summed E-state index contributed by atoms with van der Waals surface area (Å²) in [5.74, 6) is 0. The molecule has 21 heavy (non-hydrogen) atoms. The van der Waals surface area contributed by atoms with Crippen LogP contribution in [0.3, 0.4) is 0 Å². The molecule has 0 spiro atoms. The number of fused-ring (bicyclic) bond motifs is 1. The van der Waals surface area contributed by atoms with Crippen LogP contribution in [-0.4, -0.2) is 0 Å². The van der Waals surface area contributed by atoms with E-state index in [0.717, 1.165) is 23.5 Å². The molecule has 0 amide bonds. The van der Waals surface area contributed by atoms with Gasteiger partial charge in [0.05, 0.1) is 0 Å². The molecule has 1 aromatic carbocycles. The molecular weight excluding hydrogens is 254 g/mol. The van der Waals surface area contributed by atoms with Gasteiger partial charge in [-0.3, -0.25) is 0 Å². The first-order valence-corrected chi connectivity index (χ1v) is 7.13. The second-order valence-electron chi connectivity index (χ2n) is 4.77. The summed E-state index contributed by atoms with van der Waals surface area (Å²) >= 11 is 0. The molecule has 0 N–H and O–H groups in total. The predicted molar refractivity (Wildman–Crippen MR) is 93.1 cm³/mol. The molecule has 0 radical (unpaired) electrons. The molecule has 1 heteroatoms. The maximum atomic E-state index is 4.22. The van der Waals surface area contributed by atoms with Crippen molar-refractivity contribution in [1.82, 2.24) is 0 Å². The lowest BCUT2D eigenvalue weighted by molar-refractivity contribution is 1.11. The zero-order chi connectivity index (χ0) is 15.1. The Morgan fingerprint density at radius 1 is 1.24 bits per heavy atom. The lowest BCUT2D eigenvalue weighted by Gasteiger charge is -2.28. The second-order valence-corrected chi connectivity index (χ2v) is 4.77. The summed E-state index contributed by atoms with van der Waals surface area (Å²) in [4.78, 5) is 2.17. The van der Waals surface area contributed by atoms with E-state index < -0.39 is 0 Å². The van der Waals surface area contributed by atoms with E-state index >= 15 is 0 Å². The van der Waals surface area contributed by atoms with Crippen LogP contribution in [0.25, 0.3) is 0 Å². The Balaban J connectivity index is 2.62. The number of nitrogens with zero attached hydrogens (tertiary/aromatic N) is 1. The molecule has 1 heterocycles. The minimum atomic E-state index is 0.904. The molecule has 0 fully saturated rings. The lowest BCUT2D eigenvalue weighted by atomic mass is 10.1. The van der Waals surface area contributed by atoms with Crippen molar-refractivity contribution < 1.29 is 0 Å². The van der Waals surface area contributed by atoms with Crippen molar-refractivity contribution in [3.05, 3.63) is 103 Å². The molecule has 106 valence electrons.